The number of aromatic nitrogens is 2. The molecule has 1 atom stereocenters. The maximum atomic E-state index is 12.7. The van der Waals surface area contributed by atoms with Crippen LogP contribution in [0.2, 0.25) is 0 Å². The third-order valence-corrected chi connectivity index (χ3v) is 5.02. The summed E-state index contributed by atoms with van der Waals surface area (Å²) in [7, 11) is 1.65. The first-order valence-corrected chi connectivity index (χ1v) is 12.4. The predicted molar refractivity (Wildman–Crippen MR) is 153 cm³/mol. The number of carbonyl (C=O) groups is 2. The number of rotatable bonds is 13. The van der Waals surface area contributed by atoms with E-state index in [4.69, 9.17) is 30.5 Å². The Balaban J connectivity index is 0.00000138. The first-order chi connectivity index (χ1) is 19.7. The van der Waals surface area contributed by atoms with Crippen molar-refractivity contribution in [2.45, 2.75) is 19.9 Å². The molecule has 0 bridgehead atoms. The molecule has 0 radical (unpaired) electrons. The van der Waals surface area contributed by atoms with Crippen LogP contribution < -0.4 is 30.8 Å². The van der Waals surface area contributed by atoms with Crippen LogP contribution in [0, 0.1) is 5.41 Å². The number of carboxylic acid groups (broad SMARTS) is 1. The molecule has 0 fully saturated rings. The van der Waals surface area contributed by atoms with Crippen LogP contribution in [-0.4, -0.2) is 66.1 Å². The van der Waals surface area contributed by atoms with E-state index in [-0.39, 0.29) is 18.3 Å². The van der Waals surface area contributed by atoms with Crippen molar-refractivity contribution in [3.05, 3.63) is 72.1 Å². The summed E-state index contributed by atoms with van der Waals surface area (Å²) in [5.74, 6) is 0.479. The van der Waals surface area contributed by atoms with Crippen molar-refractivity contribution in [2.24, 2.45) is 10.8 Å². The van der Waals surface area contributed by atoms with Gasteiger partial charge in [0.05, 0.1) is 6.61 Å². The Labute approximate surface area is 236 Å². The number of anilines is 2. The lowest BCUT2D eigenvalue weighted by molar-refractivity contribution is -0.134. The summed E-state index contributed by atoms with van der Waals surface area (Å²) >= 11 is 0. The van der Waals surface area contributed by atoms with Gasteiger partial charge in [-0.3, -0.25) is 15.0 Å². The minimum atomic E-state index is -0.833. The molecule has 0 aliphatic rings. The number of amidine groups is 2. The number of nitrogen functional groups attached to an aromatic ring is 1. The van der Waals surface area contributed by atoms with Crippen molar-refractivity contribution in [3.8, 4) is 11.5 Å². The van der Waals surface area contributed by atoms with Gasteiger partial charge in [0, 0.05) is 37.6 Å². The van der Waals surface area contributed by atoms with Crippen molar-refractivity contribution >= 4 is 35.7 Å². The highest BCUT2D eigenvalue weighted by molar-refractivity contribution is 5.98. The fourth-order valence-corrected chi connectivity index (χ4v) is 3.36. The number of hydrogen-bond donors (Lipinski definition) is 5. The Kier molecular flexibility index (Phi) is 13.0. The van der Waals surface area contributed by atoms with Crippen LogP contribution in [0.15, 0.2) is 66.0 Å². The van der Waals surface area contributed by atoms with Crippen molar-refractivity contribution in [1.82, 2.24) is 15.3 Å². The summed E-state index contributed by atoms with van der Waals surface area (Å²) < 4.78 is 23.9. The normalized spacial score (nSPS) is 11.3. The van der Waals surface area contributed by atoms with E-state index in [2.05, 4.69) is 25.7 Å². The third-order valence-electron chi connectivity index (χ3n) is 5.02. The van der Waals surface area contributed by atoms with Crippen molar-refractivity contribution in [2.75, 3.05) is 37.3 Å². The Bertz CT molecular complexity index is 1300. The average molecular weight is 569 g/mol. The zero-order valence-corrected chi connectivity index (χ0v) is 22.9. The molecule has 1 unspecified atom stereocenters. The zero-order chi connectivity index (χ0) is 30.2. The van der Waals surface area contributed by atoms with Crippen LogP contribution in [0.5, 0.6) is 11.5 Å². The standard InChI is InChI=1S/C25H29FN8O3.C2H4O2/c1-3-36-21-15-18(7-10-20(21)37-14-11-26)22(32-19-8-5-17(6-9-19)23(27)28)24(31-16-35)33-34(2)25-29-12-4-13-30-25;1-2(3)4/h4-10,12-13,15-16,22,32H,3,11,14H2,1-2H3,(H3,27,28)(H,31,33,35);1H3,(H,3,4). The number of nitrogens with one attached hydrogen (secondary N) is 3. The van der Waals surface area contributed by atoms with Crippen LogP contribution in [0.4, 0.5) is 16.0 Å². The van der Waals surface area contributed by atoms with E-state index in [1.54, 1.807) is 68.0 Å². The number of carbonyl (C=O) groups excluding carboxylic acids is 1. The second kappa shape index (κ2) is 16.6. The molecule has 0 aliphatic carbocycles. The SMILES string of the molecule is CC(=O)O.CCOc1cc(C(Nc2ccc(C(=N)N)cc2)/C(=N/N(C)c2ncccn2)NC=O)ccc1OCCF. The number of hydrazone groups is 1. The maximum Gasteiger partial charge on any atom is 0.300 e. The van der Waals surface area contributed by atoms with E-state index in [0.29, 0.717) is 47.3 Å². The van der Waals surface area contributed by atoms with Crippen LogP contribution in [-0.2, 0) is 9.59 Å². The Morgan fingerprint density at radius 2 is 1.85 bits per heavy atom. The van der Waals surface area contributed by atoms with Crippen LogP contribution in [0.3, 0.4) is 0 Å². The number of nitrogens with two attached hydrogens (primary N) is 1. The molecule has 1 amide bonds. The van der Waals surface area contributed by atoms with Gasteiger partial charge in [0.2, 0.25) is 12.4 Å². The molecule has 2 aromatic carbocycles. The van der Waals surface area contributed by atoms with Gasteiger partial charge < -0.3 is 30.9 Å². The molecule has 0 saturated heterocycles. The van der Waals surface area contributed by atoms with Crippen molar-refractivity contribution in [1.29, 1.82) is 5.41 Å². The Morgan fingerprint density at radius 3 is 2.41 bits per heavy atom. The van der Waals surface area contributed by atoms with E-state index in [0.717, 1.165) is 6.92 Å². The number of amides is 1. The molecule has 0 spiro atoms. The molecule has 13 nitrogen and oxygen atoms in total. The number of nitrogens with zero attached hydrogens (tertiary/aromatic N) is 4. The van der Waals surface area contributed by atoms with Gasteiger partial charge in [-0.2, -0.15) is 5.10 Å². The summed E-state index contributed by atoms with van der Waals surface area (Å²) in [4.78, 5) is 29.0. The van der Waals surface area contributed by atoms with Gasteiger partial charge in [0.15, 0.2) is 17.3 Å². The van der Waals surface area contributed by atoms with Gasteiger partial charge in [0.25, 0.3) is 5.97 Å². The summed E-state index contributed by atoms with van der Waals surface area (Å²) in [6.45, 7) is 2.53. The van der Waals surface area contributed by atoms with Gasteiger partial charge in [-0.25, -0.2) is 19.4 Å². The number of benzene rings is 2. The second-order valence-electron chi connectivity index (χ2n) is 8.08. The van der Waals surface area contributed by atoms with Crippen LogP contribution in [0.25, 0.3) is 0 Å². The smallest absolute Gasteiger partial charge is 0.300 e. The molecule has 3 aromatic rings. The number of carboxylic acids is 1. The Hall–Kier alpha value is -5.27. The molecular formula is C27H33FN8O5. The predicted octanol–water partition coefficient (Wildman–Crippen LogP) is 2.95. The van der Waals surface area contributed by atoms with Crippen LogP contribution >= 0.6 is 0 Å². The highest BCUT2D eigenvalue weighted by Gasteiger charge is 2.22. The summed E-state index contributed by atoms with van der Waals surface area (Å²) in [5, 5.41) is 27.0. The van der Waals surface area contributed by atoms with E-state index < -0.39 is 18.7 Å². The molecule has 1 aromatic heterocycles. The minimum Gasteiger partial charge on any atom is -0.490 e. The van der Waals surface area contributed by atoms with Crippen molar-refractivity contribution < 1.29 is 28.6 Å². The van der Waals surface area contributed by atoms with Gasteiger partial charge >= 0.3 is 0 Å². The quantitative estimate of drug-likeness (QED) is 0.0887. The number of aliphatic carboxylic acids is 1. The van der Waals surface area contributed by atoms with Crippen LogP contribution in [0.1, 0.15) is 31.0 Å². The zero-order valence-electron chi connectivity index (χ0n) is 22.9. The minimum absolute atomic E-state index is 0.0531. The fourth-order valence-electron chi connectivity index (χ4n) is 3.36. The van der Waals surface area contributed by atoms with Gasteiger partial charge in [-0.15, -0.1) is 0 Å². The second-order valence-corrected chi connectivity index (χ2v) is 8.08. The maximum absolute atomic E-state index is 12.7. The lowest BCUT2D eigenvalue weighted by Gasteiger charge is -2.24. The summed E-state index contributed by atoms with van der Waals surface area (Å²) in [6.07, 6.45) is 3.68. The number of halogens is 1. The molecule has 0 aliphatic heterocycles. The Morgan fingerprint density at radius 1 is 1.20 bits per heavy atom. The topological polar surface area (TPSA) is 188 Å². The van der Waals surface area contributed by atoms with Gasteiger partial charge in [-0.05, 0) is 55.0 Å². The molecule has 14 heteroatoms. The molecule has 218 valence electrons. The summed E-state index contributed by atoms with van der Waals surface area (Å²) in [5.41, 5.74) is 7.48. The highest BCUT2D eigenvalue weighted by atomic mass is 19.1. The van der Waals surface area contributed by atoms with Gasteiger partial charge in [0.1, 0.15) is 25.2 Å². The average Bonchev–Trinajstić information content (AvgIpc) is 2.95. The molecule has 3 rings (SSSR count). The highest BCUT2D eigenvalue weighted by Crippen LogP contribution is 2.32. The monoisotopic (exact) mass is 568 g/mol. The molecule has 6 N–H and O–H groups in total. The molecule has 41 heavy (non-hydrogen) atoms. The molecule has 0 saturated carbocycles. The van der Waals surface area contributed by atoms with Crippen molar-refractivity contribution in [3.63, 3.8) is 0 Å². The van der Waals surface area contributed by atoms with E-state index in [9.17, 15) is 9.18 Å². The number of hydrogen-bond acceptors (Lipinski definition) is 10. The van der Waals surface area contributed by atoms with E-state index in [1.807, 2.05) is 6.92 Å². The van der Waals surface area contributed by atoms with Gasteiger partial charge in [-0.1, -0.05) is 6.07 Å². The van der Waals surface area contributed by atoms with E-state index in [1.165, 1.54) is 5.01 Å². The van der Waals surface area contributed by atoms with E-state index >= 15 is 0 Å². The lowest BCUT2D eigenvalue weighted by Crippen LogP contribution is -2.35. The first kappa shape index (κ1) is 31.9. The fraction of sp³-hybridized carbons (Fsp3) is 0.259. The number of alkyl halides is 1. The summed E-state index contributed by atoms with van der Waals surface area (Å²) in [6, 6.07) is 13.1. The first-order valence-electron chi connectivity index (χ1n) is 12.4. The molecular weight excluding hydrogens is 535 g/mol. The largest absolute Gasteiger partial charge is 0.490 e. The molecule has 1 heterocycles. The third kappa shape index (κ3) is 10.4. The lowest BCUT2D eigenvalue weighted by atomic mass is 10.0. The number of ether oxygens (including phenoxy) is 2.